The number of hydrogen-bond donors (Lipinski definition) is 1. The maximum Gasteiger partial charge on any atom is 0.254 e. The topological polar surface area (TPSA) is 29.1 Å². The Bertz CT molecular complexity index is 634. The molecule has 0 spiro atoms. The fourth-order valence-corrected chi connectivity index (χ4v) is 2.69. The second-order valence-electron chi connectivity index (χ2n) is 4.18. The van der Waals surface area contributed by atoms with E-state index in [2.05, 4.69) is 5.32 Å². The van der Waals surface area contributed by atoms with Crippen LogP contribution in [0.2, 0.25) is 10.0 Å². The minimum atomic E-state index is -0.620. The first-order valence-corrected chi connectivity index (χ1v) is 7.92. The third-order valence-corrected chi connectivity index (χ3v) is 4.15. The van der Waals surface area contributed by atoms with Gasteiger partial charge in [-0.25, -0.2) is 4.39 Å². The average molecular weight is 344 g/mol. The summed E-state index contributed by atoms with van der Waals surface area (Å²) in [6.45, 7) is 0.439. The van der Waals surface area contributed by atoms with Crippen LogP contribution in [-0.4, -0.2) is 18.2 Å². The Labute approximate surface area is 136 Å². The quantitative estimate of drug-likeness (QED) is 0.632. The first-order chi connectivity index (χ1) is 10.1. The van der Waals surface area contributed by atoms with Gasteiger partial charge in [0.1, 0.15) is 5.82 Å². The van der Waals surface area contributed by atoms with Gasteiger partial charge in [0.2, 0.25) is 0 Å². The lowest BCUT2D eigenvalue weighted by atomic mass is 10.2. The molecule has 0 aliphatic rings. The number of hydrogen-bond acceptors (Lipinski definition) is 2. The van der Waals surface area contributed by atoms with Gasteiger partial charge < -0.3 is 5.32 Å². The summed E-state index contributed by atoms with van der Waals surface area (Å²) >= 11 is 13.0. The highest BCUT2D eigenvalue weighted by Crippen LogP contribution is 2.20. The van der Waals surface area contributed by atoms with Crippen molar-refractivity contribution in [3.8, 4) is 0 Å². The highest BCUT2D eigenvalue weighted by Gasteiger charge is 2.11. The van der Waals surface area contributed by atoms with E-state index in [1.165, 1.54) is 12.1 Å². The van der Waals surface area contributed by atoms with E-state index in [1.54, 1.807) is 11.8 Å². The maximum atomic E-state index is 13.5. The molecular weight excluding hydrogens is 332 g/mol. The van der Waals surface area contributed by atoms with E-state index in [-0.39, 0.29) is 10.6 Å². The van der Waals surface area contributed by atoms with Crippen molar-refractivity contribution in [2.24, 2.45) is 0 Å². The lowest BCUT2D eigenvalue weighted by Crippen LogP contribution is -2.26. The summed E-state index contributed by atoms with van der Waals surface area (Å²) in [4.78, 5) is 12.9. The van der Waals surface area contributed by atoms with Crippen LogP contribution in [0.15, 0.2) is 47.4 Å². The number of amides is 1. The number of rotatable bonds is 5. The molecule has 110 valence electrons. The third-order valence-electron chi connectivity index (χ3n) is 2.65. The van der Waals surface area contributed by atoms with E-state index in [0.29, 0.717) is 17.3 Å². The molecule has 0 bridgehead atoms. The Morgan fingerprint density at radius 3 is 2.43 bits per heavy atom. The Balaban J connectivity index is 1.80. The zero-order chi connectivity index (χ0) is 15.2. The van der Waals surface area contributed by atoms with Crippen LogP contribution in [-0.2, 0) is 0 Å². The molecule has 2 nitrogen and oxygen atoms in total. The van der Waals surface area contributed by atoms with Gasteiger partial charge in [-0.15, -0.1) is 11.8 Å². The molecule has 0 aliphatic carbocycles. The molecule has 0 aromatic heterocycles. The highest BCUT2D eigenvalue weighted by molar-refractivity contribution is 7.99. The highest BCUT2D eigenvalue weighted by atomic mass is 35.5. The molecule has 0 atom stereocenters. The first-order valence-electron chi connectivity index (χ1n) is 6.18. The second kappa shape index (κ2) is 7.69. The van der Waals surface area contributed by atoms with Crippen LogP contribution in [0, 0.1) is 5.82 Å². The van der Waals surface area contributed by atoms with E-state index in [1.807, 2.05) is 24.3 Å². The summed E-state index contributed by atoms with van der Waals surface area (Å²) in [5.41, 5.74) is -0.00380. The van der Waals surface area contributed by atoms with Gasteiger partial charge >= 0.3 is 0 Å². The van der Waals surface area contributed by atoms with Crippen LogP contribution >= 0.6 is 35.0 Å². The number of nitrogens with one attached hydrogen (secondary N) is 1. The Morgan fingerprint density at radius 1 is 1.10 bits per heavy atom. The van der Waals surface area contributed by atoms with Gasteiger partial charge in [-0.1, -0.05) is 23.2 Å². The molecule has 2 aromatic carbocycles. The molecule has 0 unspecified atom stereocenters. The molecular formula is C15H12Cl2FNOS. The number of benzene rings is 2. The summed E-state index contributed by atoms with van der Waals surface area (Å²) in [6, 6.07) is 11.4. The zero-order valence-corrected chi connectivity index (χ0v) is 13.2. The van der Waals surface area contributed by atoms with Crippen LogP contribution in [0.1, 0.15) is 10.4 Å². The molecule has 0 aliphatic heterocycles. The number of carbonyl (C=O) groups is 1. The number of thioether (sulfide) groups is 1. The molecule has 0 heterocycles. The van der Waals surface area contributed by atoms with E-state index in [9.17, 15) is 9.18 Å². The molecule has 0 saturated heterocycles. The summed E-state index contributed by atoms with van der Waals surface area (Å²) in [5.74, 6) is -0.381. The van der Waals surface area contributed by atoms with Crippen LogP contribution in [0.4, 0.5) is 4.39 Å². The molecule has 0 radical (unpaired) electrons. The van der Waals surface area contributed by atoms with Gasteiger partial charge in [-0.05, 0) is 42.5 Å². The number of carbonyl (C=O) groups excluding carboxylic acids is 1. The monoisotopic (exact) mass is 343 g/mol. The van der Waals surface area contributed by atoms with E-state index in [4.69, 9.17) is 23.2 Å². The molecule has 21 heavy (non-hydrogen) atoms. The summed E-state index contributed by atoms with van der Waals surface area (Å²) in [7, 11) is 0. The van der Waals surface area contributed by atoms with Gasteiger partial charge in [0.05, 0.1) is 5.56 Å². The lowest BCUT2D eigenvalue weighted by Gasteiger charge is -2.06. The minimum absolute atomic E-state index is 0.00380. The van der Waals surface area contributed by atoms with E-state index >= 15 is 0 Å². The Morgan fingerprint density at radius 2 is 1.76 bits per heavy atom. The molecule has 0 saturated carbocycles. The maximum absolute atomic E-state index is 13.5. The molecule has 0 fully saturated rings. The molecule has 6 heteroatoms. The predicted octanol–water partition coefficient (Wildman–Crippen LogP) is 4.65. The smallest absolute Gasteiger partial charge is 0.254 e. The van der Waals surface area contributed by atoms with Crippen molar-refractivity contribution in [3.63, 3.8) is 0 Å². The fraction of sp³-hybridized carbons (Fsp3) is 0.133. The van der Waals surface area contributed by atoms with Crippen molar-refractivity contribution in [1.29, 1.82) is 0 Å². The van der Waals surface area contributed by atoms with Crippen molar-refractivity contribution >= 4 is 40.9 Å². The van der Waals surface area contributed by atoms with Crippen molar-refractivity contribution in [1.82, 2.24) is 5.32 Å². The fourth-order valence-electron chi connectivity index (χ4n) is 1.63. The zero-order valence-electron chi connectivity index (χ0n) is 10.9. The van der Waals surface area contributed by atoms with Gasteiger partial charge in [-0.2, -0.15) is 0 Å². The van der Waals surface area contributed by atoms with Crippen LogP contribution in [0.25, 0.3) is 0 Å². The molecule has 2 aromatic rings. The third kappa shape index (κ3) is 4.92. The average Bonchev–Trinajstić information content (AvgIpc) is 2.45. The van der Waals surface area contributed by atoms with Crippen molar-refractivity contribution in [2.75, 3.05) is 12.3 Å². The molecule has 2 rings (SSSR count). The summed E-state index contributed by atoms with van der Waals surface area (Å²) in [6.07, 6.45) is 0. The molecule has 1 amide bonds. The summed E-state index contributed by atoms with van der Waals surface area (Å²) < 4.78 is 13.5. The lowest BCUT2D eigenvalue weighted by molar-refractivity contribution is 0.0952. The van der Waals surface area contributed by atoms with Crippen molar-refractivity contribution in [3.05, 3.63) is 63.9 Å². The standard InChI is InChI=1S/C15H12Cl2FNOS/c16-10-1-4-12(5-2-10)21-8-7-19-15(20)13-6-3-11(17)9-14(13)18/h1-6,9H,7-8H2,(H,19,20). The van der Waals surface area contributed by atoms with Gasteiger partial charge in [-0.3, -0.25) is 4.79 Å². The predicted molar refractivity (Wildman–Crippen MR) is 85.9 cm³/mol. The van der Waals surface area contributed by atoms with Gasteiger partial charge in [0, 0.05) is 27.2 Å². The Kier molecular flexibility index (Phi) is 5.91. The first kappa shape index (κ1) is 16.1. The second-order valence-corrected chi connectivity index (χ2v) is 6.22. The van der Waals surface area contributed by atoms with Crippen LogP contribution in [0.5, 0.6) is 0 Å². The van der Waals surface area contributed by atoms with E-state index in [0.717, 1.165) is 11.0 Å². The minimum Gasteiger partial charge on any atom is -0.351 e. The number of halogens is 3. The molecule has 1 N–H and O–H groups in total. The van der Waals surface area contributed by atoms with Gasteiger partial charge in [0.15, 0.2) is 0 Å². The van der Waals surface area contributed by atoms with E-state index < -0.39 is 11.7 Å². The van der Waals surface area contributed by atoms with Crippen LogP contribution in [0.3, 0.4) is 0 Å². The summed E-state index contributed by atoms with van der Waals surface area (Å²) in [5, 5.41) is 3.62. The largest absolute Gasteiger partial charge is 0.351 e. The van der Waals surface area contributed by atoms with Gasteiger partial charge in [0.25, 0.3) is 5.91 Å². The normalized spacial score (nSPS) is 10.4. The van der Waals surface area contributed by atoms with Crippen LogP contribution < -0.4 is 5.32 Å². The van der Waals surface area contributed by atoms with Crippen molar-refractivity contribution in [2.45, 2.75) is 4.90 Å². The van der Waals surface area contributed by atoms with Crippen molar-refractivity contribution < 1.29 is 9.18 Å². The Hall–Kier alpha value is -1.23. The SMILES string of the molecule is O=C(NCCSc1ccc(Cl)cc1)c1ccc(Cl)cc1F.